The van der Waals surface area contributed by atoms with Crippen LogP contribution in [-0.4, -0.2) is 11.0 Å². The molecule has 0 aromatic carbocycles. The number of pyridine rings is 1. The highest BCUT2D eigenvalue weighted by molar-refractivity contribution is 5.70. The number of carbonyl (C=O) groups is 1. The van der Waals surface area contributed by atoms with E-state index in [9.17, 15) is 4.79 Å². The number of rotatable bonds is 1. The smallest absolute Gasteiger partial charge is 0.308 e. The zero-order valence-corrected chi connectivity index (χ0v) is 7.42. The third-order valence-corrected chi connectivity index (χ3v) is 1.53. The van der Waals surface area contributed by atoms with E-state index in [0.29, 0.717) is 5.75 Å². The van der Waals surface area contributed by atoms with Crippen molar-refractivity contribution in [3.63, 3.8) is 0 Å². The molecule has 0 bridgehead atoms. The Morgan fingerprint density at radius 1 is 1.50 bits per heavy atom. The lowest BCUT2D eigenvalue weighted by molar-refractivity contribution is -0.132. The molecule has 0 aliphatic rings. The lowest BCUT2D eigenvalue weighted by Gasteiger charge is -2.06. The van der Waals surface area contributed by atoms with Gasteiger partial charge in [0, 0.05) is 13.1 Å². The van der Waals surface area contributed by atoms with E-state index >= 15 is 0 Å². The Hall–Kier alpha value is -1.38. The van der Waals surface area contributed by atoms with Gasteiger partial charge in [-0.2, -0.15) is 0 Å². The summed E-state index contributed by atoms with van der Waals surface area (Å²) in [6, 6.07) is 1.81. The van der Waals surface area contributed by atoms with Crippen LogP contribution in [0.4, 0.5) is 0 Å². The fourth-order valence-corrected chi connectivity index (χ4v) is 0.979. The molecular formula is C9H11NO2. The number of esters is 1. The summed E-state index contributed by atoms with van der Waals surface area (Å²) in [7, 11) is 0. The van der Waals surface area contributed by atoms with Crippen molar-refractivity contribution in [3.8, 4) is 5.75 Å². The van der Waals surface area contributed by atoms with Gasteiger partial charge in [-0.1, -0.05) is 0 Å². The first-order chi connectivity index (χ1) is 5.61. The Labute approximate surface area is 71.4 Å². The first-order valence-electron chi connectivity index (χ1n) is 3.72. The molecule has 0 fully saturated rings. The predicted octanol–water partition coefficient (Wildman–Crippen LogP) is 1.62. The highest BCUT2D eigenvalue weighted by Crippen LogP contribution is 2.19. The van der Waals surface area contributed by atoms with Crippen molar-refractivity contribution in [1.82, 2.24) is 4.98 Å². The van der Waals surface area contributed by atoms with E-state index in [1.54, 1.807) is 6.20 Å². The Morgan fingerprint density at radius 3 is 2.67 bits per heavy atom. The van der Waals surface area contributed by atoms with Gasteiger partial charge in [0.15, 0.2) is 5.75 Å². The van der Waals surface area contributed by atoms with Gasteiger partial charge in [-0.3, -0.25) is 9.78 Å². The third-order valence-electron chi connectivity index (χ3n) is 1.53. The van der Waals surface area contributed by atoms with Gasteiger partial charge in [-0.25, -0.2) is 0 Å². The van der Waals surface area contributed by atoms with Crippen molar-refractivity contribution in [2.24, 2.45) is 0 Å². The number of nitrogens with zero attached hydrogens (tertiary/aromatic N) is 1. The molecule has 64 valence electrons. The van der Waals surface area contributed by atoms with E-state index in [1.807, 2.05) is 19.9 Å². The molecule has 0 amide bonds. The number of hydrogen-bond donors (Lipinski definition) is 0. The average molecular weight is 165 g/mol. The van der Waals surface area contributed by atoms with Crippen LogP contribution in [0.25, 0.3) is 0 Å². The lowest BCUT2D eigenvalue weighted by Crippen LogP contribution is -2.05. The largest absolute Gasteiger partial charge is 0.424 e. The molecule has 0 aliphatic carbocycles. The van der Waals surface area contributed by atoms with Crippen LogP contribution in [0, 0.1) is 13.8 Å². The summed E-state index contributed by atoms with van der Waals surface area (Å²) >= 11 is 0. The Kier molecular flexibility index (Phi) is 2.43. The van der Waals surface area contributed by atoms with E-state index in [4.69, 9.17) is 4.74 Å². The molecule has 0 atom stereocenters. The molecule has 3 heteroatoms. The van der Waals surface area contributed by atoms with E-state index in [0.717, 1.165) is 11.3 Å². The molecule has 3 nitrogen and oxygen atoms in total. The molecule has 1 aromatic rings. The number of aromatic nitrogens is 1. The standard InChI is InChI=1S/C9H11NO2/c1-6-4-5-10-7(2)9(6)12-8(3)11/h4-5H,1-3H3. The van der Waals surface area contributed by atoms with Gasteiger partial charge in [0.1, 0.15) is 0 Å². The lowest BCUT2D eigenvalue weighted by atomic mass is 10.2. The minimum atomic E-state index is -0.311. The van der Waals surface area contributed by atoms with Crippen molar-refractivity contribution in [2.75, 3.05) is 0 Å². The molecule has 0 N–H and O–H groups in total. The average Bonchev–Trinajstić information content (AvgIpc) is 1.97. The molecule has 0 aliphatic heterocycles. The van der Waals surface area contributed by atoms with Crippen LogP contribution >= 0.6 is 0 Å². The molecule has 0 radical (unpaired) electrons. The third kappa shape index (κ3) is 1.81. The highest BCUT2D eigenvalue weighted by atomic mass is 16.5. The second-order valence-corrected chi connectivity index (χ2v) is 2.64. The van der Waals surface area contributed by atoms with Gasteiger partial charge in [-0.15, -0.1) is 0 Å². The van der Waals surface area contributed by atoms with E-state index in [1.165, 1.54) is 6.92 Å². The summed E-state index contributed by atoms with van der Waals surface area (Å²) in [4.78, 5) is 14.7. The summed E-state index contributed by atoms with van der Waals surface area (Å²) in [5, 5.41) is 0. The zero-order valence-electron chi connectivity index (χ0n) is 7.42. The van der Waals surface area contributed by atoms with E-state index in [2.05, 4.69) is 4.98 Å². The fourth-order valence-electron chi connectivity index (χ4n) is 0.979. The Bertz CT molecular complexity index is 287. The highest BCUT2D eigenvalue weighted by Gasteiger charge is 2.05. The Balaban J connectivity index is 3.04. The zero-order chi connectivity index (χ0) is 9.14. The van der Waals surface area contributed by atoms with Gasteiger partial charge < -0.3 is 4.74 Å². The summed E-state index contributed by atoms with van der Waals surface area (Å²) < 4.78 is 4.97. The maximum absolute atomic E-state index is 10.7. The van der Waals surface area contributed by atoms with Gasteiger partial charge >= 0.3 is 5.97 Å². The quantitative estimate of drug-likeness (QED) is 0.593. The topological polar surface area (TPSA) is 39.2 Å². The molecule has 0 saturated carbocycles. The maximum Gasteiger partial charge on any atom is 0.308 e. The monoisotopic (exact) mass is 165 g/mol. The SMILES string of the molecule is CC(=O)Oc1c(C)ccnc1C. The second-order valence-electron chi connectivity index (χ2n) is 2.64. The first kappa shape index (κ1) is 8.71. The molecule has 0 saturated heterocycles. The summed E-state index contributed by atoms with van der Waals surface area (Å²) in [6.07, 6.45) is 1.69. The van der Waals surface area contributed by atoms with Gasteiger partial charge in [0.05, 0.1) is 5.69 Å². The number of aryl methyl sites for hydroxylation is 2. The molecule has 1 heterocycles. The van der Waals surface area contributed by atoms with Crippen LogP contribution in [0.5, 0.6) is 5.75 Å². The van der Waals surface area contributed by atoms with E-state index < -0.39 is 0 Å². The van der Waals surface area contributed by atoms with Crippen LogP contribution in [0.3, 0.4) is 0 Å². The molecule has 0 unspecified atom stereocenters. The van der Waals surface area contributed by atoms with Crippen LogP contribution in [0.2, 0.25) is 0 Å². The van der Waals surface area contributed by atoms with Crippen LogP contribution in [0.1, 0.15) is 18.2 Å². The number of carbonyl (C=O) groups excluding carboxylic acids is 1. The van der Waals surface area contributed by atoms with Crippen molar-refractivity contribution in [3.05, 3.63) is 23.5 Å². The van der Waals surface area contributed by atoms with E-state index in [-0.39, 0.29) is 5.97 Å². The maximum atomic E-state index is 10.7. The van der Waals surface area contributed by atoms with Crippen molar-refractivity contribution < 1.29 is 9.53 Å². The number of hydrogen-bond acceptors (Lipinski definition) is 3. The summed E-state index contributed by atoms with van der Waals surface area (Å²) in [6.45, 7) is 5.07. The summed E-state index contributed by atoms with van der Waals surface area (Å²) in [5.74, 6) is 0.263. The van der Waals surface area contributed by atoms with Crippen LogP contribution < -0.4 is 4.74 Å². The molecule has 12 heavy (non-hydrogen) atoms. The van der Waals surface area contributed by atoms with Gasteiger partial charge in [-0.05, 0) is 25.5 Å². The van der Waals surface area contributed by atoms with Crippen molar-refractivity contribution >= 4 is 5.97 Å². The first-order valence-corrected chi connectivity index (χ1v) is 3.72. The summed E-state index contributed by atoms with van der Waals surface area (Å²) in [5.41, 5.74) is 1.67. The number of ether oxygens (including phenoxy) is 1. The second kappa shape index (κ2) is 3.34. The Morgan fingerprint density at radius 2 is 2.17 bits per heavy atom. The van der Waals surface area contributed by atoms with Crippen molar-refractivity contribution in [2.45, 2.75) is 20.8 Å². The van der Waals surface area contributed by atoms with Gasteiger partial charge in [0.2, 0.25) is 0 Å². The fraction of sp³-hybridized carbons (Fsp3) is 0.333. The molecule has 0 spiro atoms. The minimum absolute atomic E-state index is 0.311. The minimum Gasteiger partial charge on any atom is -0.424 e. The molecule has 1 rings (SSSR count). The molecule has 1 aromatic heterocycles. The predicted molar refractivity (Wildman–Crippen MR) is 45.0 cm³/mol. The van der Waals surface area contributed by atoms with Crippen LogP contribution in [-0.2, 0) is 4.79 Å². The van der Waals surface area contributed by atoms with Crippen molar-refractivity contribution in [1.29, 1.82) is 0 Å². The van der Waals surface area contributed by atoms with Crippen LogP contribution in [0.15, 0.2) is 12.3 Å². The normalized spacial score (nSPS) is 9.58. The van der Waals surface area contributed by atoms with Gasteiger partial charge in [0.25, 0.3) is 0 Å². The molecular weight excluding hydrogens is 154 g/mol.